The van der Waals surface area contributed by atoms with Crippen LogP contribution in [0.1, 0.15) is 23.8 Å². The second-order valence-corrected chi connectivity index (χ2v) is 4.99. The van der Waals surface area contributed by atoms with Crippen molar-refractivity contribution in [2.45, 2.75) is 18.2 Å². The summed E-state index contributed by atoms with van der Waals surface area (Å²) in [5, 5.41) is 4.66. The van der Waals surface area contributed by atoms with Crippen molar-refractivity contribution in [1.82, 2.24) is 10.3 Å². The van der Waals surface area contributed by atoms with Gasteiger partial charge in [0.1, 0.15) is 0 Å². The standard InChI is InChI=1S/C13H18ClN3S/c1-17(2)13(18)16-15-10-6-9-12(14)11-7-4-3-5-8-11/h3-5,7-8,10,12H,6,9H2,1-2H3,(H,16,18). The third kappa shape index (κ3) is 5.47. The zero-order chi connectivity index (χ0) is 13.4. The first-order chi connectivity index (χ1) is 8.61. The Kier molecular flexibility index (Phi) is 6.68. The predicted octanol–water partition coefficient (Wildman–Crippen LogP) is 3.17. The summed E-state index contributed by atoms with van der Waals surface area (Å²) < 4.78 is 0. The fourth-order valence-electron chi connectivity index (χ4n) is 1.31. The first-order valence-corrected chi connectivity index (χ1v) is 6.63. The van der Waals surface area contributed by atoms with Gasteiger partial charge in [-0.05, 0) is 30.6 Å². The molecule has 0 amide bonds. The molecule has 0 aromatic heterocycles. The maximum atomic E-state index is 6.28. The number of benzene rings is 1. The summed E-state index contributed by atoms with van der Waals surface area (Å²) in [6.07, 6.45) is 3.46. The molecule has 1 unspecified atom stereocenters. The molecule has 3 nitrogen and oxygen atoms in total. The third-order valence-corrected chi connectivity index (χ3v) is 3.29. The van der Waals surface area contributed by atoms with Crippen molar-refractivity contribution in [3.05, 3.63) is 35.9 Å². The van der Waals surface area contributed by atoms with Gasteiger partial charge in [0.05, 0.1) is 5.38 Å². The number of rotatable bonds is 5. The Bertz CT molecular complexity index is 392. The summed E-state index contributed by atoms with van der Waals surface area (Å²) in [6, 6.07) is 10.1. The molecule has 0 radical (unpaired) electrons. The van der Waals surface area contributed by atoms with Gasteiger partial charge in [0.25, 0.3) is 0 Å². The second kappa shape index (κ2) is 8.06. The molecular formula is C13H18ClN3S. The summed E-state index contributed by atoms with van der Waals surface area (Å²) in [6.45, 7) is 0. The lowest BCUT2D eigenvalue weighted by molar-refractivity contribution is 0.606. The Balaban J connectivity index is 2.26. The van der Waals surface area contributed by atoms with Crippen LogP contribution in [0.5, 0.6) is 0 Å². The molecule has 0 fully saturated rings. The van der Waals surface area contributed by atoms with Crippen molar-refractivity contribution in [2.75, 3.05) is 14.1 Å². The minimum absolute atomic E-state index is 0.0263. The average molecular weight is 284 g/mol. The lowest BCUT2D eigenvalue weighted by atomic mass is 10.1. The monoisotopic (exact) mass is 283 g/mol. The van der Waals surface area contributed by atoms with Crippen LogP contribution in [-0.4, -0.2) is 30.3 Å². The molecule has 0 aliphatic rings. The lowest BCUT2D eigenvalue weighted by Crippen LogP contribution is -2.30. The Labute approximate surface area is 119 Å². The molecule has 0 bridgehead atoms. The van der Waals surface area contributed by atoms with Gasteiger partial charge in [0, 0.05) is 20.3 Å². The highest BCUT2D eigenvalue weighted by atomic mass is 35.5. The van der Waals surface area contributed by atoms with Gasteiger partial charge in [-0.2, -0.15) is 5.10 Å². The topological polar surface area (TPSA) is 27.6 Å². The van der Waals surface area contributed by atoms with Crippen molar-refractivity contribution in [3.63, 3.8) is 0 Å². The predicted molar refractivity (Wildman–Crippen MR) is 82.2 cm³/mol. The fourth-order valence-corrected chi connectivity index (χ4v) is 1.64. The molecule has 1 aromatic rings. The fraction of sp³-hybridized carbons (Fsp3) is 0.385. The summed E-state index contributed by atoms with van der Waals surface area (Å²) in [4.78, 5) is 1.79. The molecule has 0 aliphatic heterocycles. The Morgan fingerprint density at radius 1 is 1.44 bits per heavy atom. The van der Waals surface area contributed by atoms with Crippen LogP contribution in [0.2, 0.25) is 0 Å². The minimum atomic E-state index is 0.0263. The van der Waals surface area contributed by atoms with Crippen molar-refractivity contribution in [3.8, 4) is 0 Å². The van der Waals surface area contributed by atoms with E-state index >= 15 is 0 Å². The summed E-state index contributed by atoms with van der Waals surface area (Å²) >= 11 is 11.3. The second-order valence-electron chi connectivity index (χ2n) is 4.08. The van der Waals surface area contributed by atoms with E-state index in [2.05, 4.69) is 10.5 Å². The number of halogens is 1. The molecule has 18 heavy (non-hydrogen) atoms. The number of hydrazone groups is 1. The van der Waals surface area contributed by atoms with Crippen LogP contribution in [0.4, 0.5) is 0 Å². The maximum Gasteiger partial charge on any atom is 0.189 e. The highest BCUT2D eigenvalue weighted by Crippen LogP contribution is 2.24. The Morgan fingerprint density at radius 3 is 2.72 bits per heavy atom. The van der Waals surface area contributed by atoms with E-state index in [0.717, 1.165) is 18.4 Å². The van der Waals surface area contributed by atoms with Crippen molar-refractivity contribution in [2.24, 2.45) is 5.10 Å². The van der Waals surface area contributed by atoms with Crippen LogP contribution in [-0.2, 0) is 0 Å². The highest BCUT2D eigenvalue weighted by Gasteiger charge is 2.05. The molecule has 1 N–H and O–H groups in total. The number of nitrogens with one attached hydrogen (secondary N) is 1. The molecule has 0 aliphatic carbocycles. The molecule has 1 atom stereocenters. The Hall–Kier alpha value is -1.13. The summed E-state index contributed by atoms with van der Waals surface area (Å²) in [5.74, 6) is 0. The minimum Gasteiger partial charge on any atom is -0.354 e. The van der Waals surface area contributed by atoms with Gasteiger partial charge in [-0.1, -0.05) is 30.3 Å². The van der Waals surface area contributed by atoms with E-state index in [1.165, 1.54) is 0 Å². The average Bonchev–Trinajstić information content (AvgIpc) is 2.38. The molecule has 0 heterocycles. The first kappa shape index (κ1) is 14.9. The first-order valence-electron chi connectivity index (χ1n) is 5.79. The van der Waals surface area contributed by atoms with Crippen LogP contribution in [0.15, 0.2) is 35.4 Å². The SMILES string of the molecule is CN(C)C(=S)NN=CCCC(Cl)c1ccccc1. The molecular weight excluding hydrogens is 266 g/mol. The number of nitrogens with zero attached hydrogens (tertiary/aromatic N) is 2. The quantitative estimate of drug-likeness (QED) is 0.389. The van der Waals surface area contributed by atoms with E-state index in [0.29, 0.717) is 5.11 Å². The van der Waals surface area contributed by atoms with Gasteiger partial charge < -0.3 is 4.90 Å². The van der Waals surface area contributed by atoms with Gasteiger partial charge in [0.2, 0.25) is 0 Å². The third-order valence-electron chi connectivity index (χ3n) is 2.37. The molecule has 0 saturated heterocycles. The zero-order valence-electron chi connectivity index (χ0n) is 10.6. The maximum absolute atomic E-state index is 6.28. The molecule has 0 spiro atoms. The number of hydrogen-bond acceptors (Lipinski definition) is 2. The van der Waals surface area contributed by atoms with Crippen LogP contribution in [0, 0.1) is 0 Å². The van der Waals surface area contributed by atoms with Crippen molar-refractivity contribution in [1.29, 1.82) is 0 Å². The largest absolute Gasteiger partial charge is 0.354 e. The van der Waals surface area contributed by atoms with Gasteiger partial charge in [0.15, 0.2) is 5.11 Å². The van der Waals surface area contributed by atoms with Crippen LogP contribution in [0.3, 0.4) is 0 Å². The van der Waals surface area contributed by atoms with E-state index in [-0.39, 0.29) is 5.38 Å². The lowest BCUT2D eigenvalue weighted by Gasteiger charge is -2.11. The normalized spacial score (nSPS) is 12.4. The molecule has 1 aromatic carbocycles. The van der Waals surface area contributed by atoms with E-state index in [4.69, 9.17) is 23.8 Å². The molecule has 1 rings (SSSR count). The number of hydrogen-bond donors (Lipinski definition) is 1. The van der Waals surface area contributed by atoms with Gasteiger partial charge in [-0.25, -0.2) is 0 Å². The van der Waals surface area contributed by atoms with Gasteiger partial charge in [-0.15, -0.1) is 11.6 Å². The van der Waals surface area contributed by atoms with Crippen LogP contribution < -0.4 is 5.43 Å². The van der Waals surface area contributed by atoms with Crippen molar-refractivity contribution < 1.29 is 0 Å². The van der Waals surface area contributed by atoms with Crippen LogP contribution >= 0.6 is 23.8 Å². The van der Waals surface area contributed by atoms with Gasteiger partial charge >= 0.3 is 0 Å². The van der Waals surface area contributed by atoms with Crippen LogP contribution in [0.25, 0.3) is 0 Å². The summed E-state index contributed by atoms with van der Waals surface area (Å²) in [5.41, 5.74) is 3.92. The molecule has 98 valence electrons. The highest BCUT2D eigenvalue weighted by molar-refractivity contribution is 7.80. The number of thiocarbonyl (C=S) groups is 1. The smallest absolute Gasteiger partial charge is 0.189 e. The molecule has 0 saturated carbocycles. The van der Waals surface area contributed by atoms with E-state index in [9.17, 15) is 0 Å². The van der Waals surface area contributed by atoms with Crippen molar-refractivity contribution >= 4 is 35.1 Å². The van der Waals surface area contributed by atoms with Gasteiger partial charge in [-0.3, -0.25) is 5.43 Å². The van der Waals surface area contributed by atoms with E-state index in [1.807, 2.05) is 44.4 Å². The van der Waals surface area contributed by atoms with E-state index < -0.39 is 0 Å². The zero-order valence-corrected chi connectivity index (χ0v) is 12.2. The molecule has 5 heteroatoms. The van der Waals surface area contributed by atoms with E-state index in [1.54, 1.807) is 11.1 Å². The number of alkyl halides is 1. The summed E-state index contributed by atoms with van der Waals surface area (Å²) in [7, 11) is 3.74. The Morgan fingerprint density at radius 2 is 2.11 bits per heavy atom.